The van der Waals surface area contributed by atoms with E-state index >= 15 is 0 Å². The second-order valence-electron chi connectivity index (χ2n) is 9.17. The zero-order valence-electron chi connectivity index (χ0n) is 18.0. The first kappa shape index (κ1) is 20.6. The number of hydrogen-bond donors (Lipinski definition) is 3. The van der Waals surface area contributed by atoms with Gasteiger partial charge in [0.1, 0.15) is 23.7 Å². The molecule has 0 saturated heterocycles. The van der Waals surface area contributed by atoms with Gasteiger partial charge in [-0.05, 0) is 70.2 Å². The Labute approximate surface area is 177 Å². The van der Waals surface area contributed by atoms with Crippen molar-refractivity contribution in [1.82, 2.24) is 0 Å². The van der Waals surface area contributed by atoms with Gasteiger partial charge in [0.2, 0.25) is 0 Å². The molecule has 0 amide bonds. The Hall–Kier alpha value is -2.66. The van der Waals surface area contributed by atoms with Gasteiger partial charge < -0.3 is 24.8 Å². The summed E-state index contributed by atoms with van der Waals surface area (Å²) in [6.45, 7) is 7.50. The highest BCUT2D eigenvalue weighted by Gasteiger charge is 2.40. The van der Waals surface area contributed by atoms with Gasteiger partial charge in [0.25, 0.3) is 0 Å². The maximum absolute atomic E-state index is 10.9. The van der Waals surface area contributed by atoms with Crippen molar-refractivity contribution in [2.24, 2.45) is 0 Å². The molecule has 4 rings (SSSR count). The van der Waals surface area contributed by atoms with Crippen molar-refractivity contribution in [2.75, 3.05) is 0 Å². The second kappa shape index (κ2) is 7.55. The van der Waals surface area contributed by atoms with E-state index in [0.29, 0.717) is 24.3 Å². The Kier molecular flexibility index (Phi) is 5.18. The highest BCUT2D eigenvalue weighted by atomic mass is 16.5. The zero-order chi connectivity index (χ0) is 21.6. The van der Waals surface area contributed by atoms with Crippen LogP contribution in [0.25, 0.3) is 0 Å². The summed E-state index contributed by atoms with van der Waals surface area (Å²) in [6.07, 6.45) is 4.17. The summed E-state index contributed by atoms with van der Waals surface area (Å²) in [5.41, 5.74) is 3.88. The van der Waals surface area contributed by atoms with E-state index in [2.05, 4.69) is 6.08 Å². The molecule has 0 radical (unpaired) electrons. The zero-order valence-corrected chi connectivity index (χ0v) is 18.0. The fourth-order valence-corrected chi connectivity index (χ4v) is 4.20. The molecule has 2 aromatic rings. The molecule has 2 aromatic carbocycles. The normalized spacial score (nSPS) is 20.0. The number of aliphatic hydroxyl groups is 1. The predicted octanol–water partition coefficient (Wildman–Crippen LogP) is 4.75. The quantitative estimate of drug-likeness (QED) is 0.634. The molecule has 0 aromatic heterocycles. The van der Waals surface area contributed by atoms with Gasteiger partial charge in [0, 0.05) is 23.6 Å². The minimum Gasteiger partial charge on any atom is -0.508 e. The number of rotatable bonds is 4. The lowest BCUT2D eigenvalue weighted by atomic mass is 9.88. The summed E-state index contributed by atoms with van der Waals surface area (Å²) in [7, 11) is 0. The molecule has 2 aliphatic heterocycles. The number of benzene rings is 2. The van der Waals surface area contributed by atoms with Crippen molar-refractivity contribution in [2.45, 2.75) is 71.2 Å². The van der Waals surface area contributed by atoms with Gasteiger partial charge in [-0.1, -0.05) is 17.7 Å². The molecule has 5 heteroatoms. The van der Waals surface area contributed by atoms with Crippen LogP contribution in [0.1, 0.15) is 62.5 Å². The Morgan fingerprint density at radius 3 is 2.63 bits per heavy atom. The maximum Gasteiger partial charge on any atom is 0.165 e. The number of aromatic hydroxyl groups is 2. The van der Waals surface area contributed by atoms with E-state index in [1.54, 1.807) is 26.0 Å². The van der Waals surface area contributed by atoms with E-state index in [1.807, 2.05) is 26.0 Å². The Bertz CT molecular complexity index is 996. The molecule has 5 nitrogen and oxygen atoms in total. The maximum atomic E-state index is 10.9. The van der Waals surface area contributed by atoms with Gasteiger partial charge in [-0.2, -0.15) is 0 Å². The van der Waals surface area contributed by atoms with E-state index < -0.39 is 11.7 Å². The van der Waals surface area contributed by atoms with E-state index in [4.69, 9.17) is 9.47 Å². The molecule has 0 spiro atoms. The topological polar surface area (TPSA) is 79.2 Å². The second-order valence-corrected chi connectivity index (χ2v) is 9.17. The van der Waals surface area contributed by atoms with Crippen LogP contribution < -0.4 is 9.47 Å². The Morgan fingerprint density at radius 1 is 1.17 bits per heavy atom. The lowest BCUT2D eigenvalue weighted by Gasteiger charge is -2.28. The van der Waals surface area contributed by atoms with Crippen molar-refractivity contribution >= 4 is 0 Å². The molecule has 0 unspecified atom stereocenters. The van der Waals surface area contributed by atoms with Crippen LogP contribution in [0, 0.1) is 0 Å². The number of fused-ring (bicyclic) bond motifs is 2. The SMILES string of the molecule is CC(C)=CCc1cc([C@@H]2CCc3ccc(O)cc3O2)c2c(c1O)O[C@@H](C(C)(C)O)C2. The monoisotopic (exact) mass is 410 g/mol. The predicted molar refractivity (Wildman–Crippen MR) is 115 cm³/mol. The van der Waals surface area contributed by atoms with Crippen LogP contribution in [0.3, 0.4) is 0 Å². The van der Waals surface area contributed by atoms with Crippen LogP contribution in [-0.4, -0.2) is 27.0 Å². The first-order chi connectivity index (χ1) is 14.1. The average Bonchev–Trinajstić information content (AvgIpc) is 3.13. The van der Waals surface area contributed by atoms with E-state index in [1.165, 1.54) is 5.57 Å². The number of ether oxygens (including phenoxy) is 2. The molecule has 0 bridgehead atoms. The third-order valence-corrected chi connectivity index (χ3v) is 5.98. The molecule has 30 heavy (non-hydrogen) atoms. The Morgan fingerprint density at radius 2 is 1.93 bits per heavy atom. The third kappa shape index (κ3) is 3.86. The fraction of sp³-hybridized carbons (Fsp3) is 0.440. The molecule has 0 fully saturated rings. The minimum absolute atomic E-state index is 0.145. The summed E-state index contributed by atoms with van der Waals surface area (Å²) >= 11 is 0. The summed E-state index contributed by atoms with van der Waals surface area (Å²) in [5.74, 6) is 1.48. The van der Waals surface area contributed by atoms with Crippen molar-refractivity contribution in [3.8, 4) is 23.0 Å². The van der Waals surface area contributed by atoms with Crippen LogP contribution in [0.5, 0.6) is 23.0 Å². The van der Waals surface area contributed by atoms with Crippen LogP contribution in [0.15, 0.2) is 35.9 Å². The third-order valence-electron chi connectivity index (χ3n) is 5.98. The number of phenols is 2. The van der Waals surface area contributed by atoms with E-state index in [9.17, 15) is 15.3 Å². The molecule has 160 valence electrons. The van der Waals surface area contributed by atoms with Crippen molar-refractivity contribution in [3.05, 3.63) is 58.2 Å². The first-order valence-electron chi connectivity index (χ1n) is 10.5. The minimum atomic E-state index is -1.03. The van der Waals surface area contributed by atoms with Gasteiger partial charge in [0.05, 0.1) is 5.60 Å². The lowest BCUT2D eigenvalue weighted by Crippen LogP contribution is -2.39. The molecule has 3 N–H and O–H groups in total. The van der Waals surface area contributed by atoms with Gasteiger partial charge in [-0.15, -0.1) is 0 Å². The number of hydrogen-bond acceptors (Lipinski definition) is 5. The van der Waals surface area contributed by atoms with Crippen molar-refractivity contribution in [1.29, 1.82) is 0 Å². The highest BCUT2D eigenvalue weighted by Crippen LogP contribution is 2.48. The summed E-state index contributed by atoms with van der Waals surface area (Å²) in [6, 6.07) is 7.25. The standard InChI is InChI=1S/C25H30O5/c1-14(2)5-6-16-11-18(19-13-22(25(3,4)28)30-24(19)23(16)27)20-10-8-15-7-9-17(26)12-21(15)29-20/h5,7,9,11-12,20,22,26-28H,6,8,10,13H2,1-4H3/t20-,22+/m0/s1. The van der Waals surface area contributed by atoms with Crippen LogP contribution in [0.4, 0.5) is 0 Å². The van der Waals surface area contributed by atoms with Crippen LogP contribution in [0.2, 0.25) is 0 Å². The van der Waals surface area contributed by atoms with Crippen molar-refractivity contribution < 1.29 is 24.8 Å². The van der Waals surface area contributed by atoms with Crippen LogP contribution >= 0.6 is 0 Å². The largest absolute Gasteiger partial charge is 0.508 e. The van der Waals surface area contributed by atoms with E-state index in [0.717, 1.165) is 35.1 Å². The first-order valence-corrected chi connectivity index (χ1v) is 10.5. The smallest absolute Gasteiger partial charge is 0.165 e. The Balaban J connectivity index is 1.77. The average molecular weight is 411 g/mol. The van der Waals surface area contributed by atoms with Gasteiger partial charge in [-0.25, -0.2) is 0 Å². The molecule has 0 saturated carbocycles. The molecule has 2 atom stereocenters. The number of allylic oxidation sites excluding steroid dienone is 2. The van der Waals surface area contributed by atoms with Crippen LogP contribution in [-0.2, 0) is 19.3 Å². The lowest BCUT2D eigenvalue weighted by molar-refractivity contribution is -0.0236. The van der Waals surface area contributed by atoms with Gasteiger partial charge >= 0.3 is 0 Å². The summed E-state index contributed by atoms with van der Waals surface area (Å²) in [5, 5.41) is 31.3. The number of aryl methyl sites for hydroxylation is 1. The molecular weight excluding hydrogens is 380 g/mol. The summed E-state index contributed by atoms with van der Waals surface area (Å²) in [4.78, 5) is 0. The molecular formula is C25H30O5. The van der Waals surface area contributed by atoms with Crippen molar-refractivity contribution in [3.63, 3.8) is 0 Å². The van der Waals surface area contributed by atoms with Gasteiger partial charge in [0.15, 0.2) is 11.5 Å². The summed E-state index contributed by atoms with van der Waals surface area (Å²) < 4.78 is 12.3. The molecule has 0 aliphatic carbocycles. The molecule has 2 heterocycles. The number of phenolic OH excluding ortho intramolecular Hbond substituents is 2. The fourth-order valence-electron chi connectivity index (χ4n) is 4.20. The molecule has 2 aliphatic rings. The highest BCUT2D eigenvalue weighted by molar-refractivity contribution is 5.59. The van der Waals surface area contributed by atoms with Gasteiger partial charge in [-0.3, -0.25) is 0 Å². The van der Waals surface area contributed by atoms with E-state index in [-0.39, 0.29) is 17.6 Å².